The molecule has 2 aromatic carbocycles. The second-order valence-corrected chi connectivity index (χ2v) is 7.60. The van der Waals surface area contributed by atoms with Gasteiger partial charge in [-0.2, -0.15) is 4.98 Å². The number of benzene rings is 2. The molecule has 0 unspecified atom stereocenters. The summed E-state index contributed by atoms with van der Waals surface area (Å²) < 4.78 is 16.4. The fraction of sp³-hybridized carbons (Fsp3) is 0.261. The molecule has 1 N–H and O–H groups in total. The molecule has 0 amide bonds. The number of oxazole rings is 1. The molecule has 0 bridgehead atoms. The first kappa shape index (κ1) is 19.2. The fourth-order valence-electron chi connectivity index (χ4n) is 3.91. The van der Waals surface area contributed by atoms with E-state index in [4.69, 9.17) is 13.6 Å². The number of rotatable bonds is 4. The van der Waals surface area contributed by atoms with Crippen molar-refractivity contribution in [1.29, 1.82) is 0 Å². The molecule has 5 rings (SSSR count). The number of aromatic nitrogens is 1. The molecule has 0 radical (unpaired) electrons. The van der Waals surface area contributed by atoms with E-state index in [2.05, 4.69) is 4.98 Å². The average Bonchev–Trinajstić information content (AvgIpc) is 3.21. The fourth-order valence-corrected chi connectivity index (χ4v) is 3.91. The Labute approximate surface area is 176 Å². The molecule has 1 fully saturated rings. The van der Waals surface area contributed by atoms with E-state index in [0.29, 0.717) is 42.9 Å². The highest BCUT2D eigenvalue weighted by Gasteiger charge is 2.28. The van der Waals surface area contributed by atoms with Crippen LogP contribution in [-0.4, -0.2) is 29.1 Å². The molecular formula is C23H20N2O6. The number of esters is 1. The zero-order valence-electron chi connectivity index (χ0n) is 16.6. The minimum atomic E-state index is -0.559. The van der Waals surface area contributed by atoms with Crippen LogP contribution in [0.3, 0.4) is 0 Å². The zero-order valence-corrected chi connectivity index (χ0v) is 16.6. The normalized spacial score (nSPS) is 14.9. The van der Waals surface area contributed by atoms with Gasteiger partial charge in [-0.1, -0.05) is 12.1 Å². The highest BCUT2D eigenvalue weighted by atomic mass is 16.5. The van der Waals surface area contributed by atoms with Crippen LogP contribution in [0.25, 0.3) is 22.1 Å². The van der Waals surface area contributed by atoms with E-state index in [1.807, 2.05) is 29.2 Å². The third-order valence-corrected chi connectivity index (χ3v) is 5.57. The van der Waals surface area contributed by atoms with Gasteiger partial charge in [0.05, 0.1) is 5.92 Å². The molecule has 31 heavy (non-hydrogen) atoms. The lowest BCUT2D eigenvalue weighted by atomic mass is 9.97. The predicted octanol–water partition coefficient (Wildman–Crippen LogP) is 3.60. The summed E-state index contributed by atoms with van der Waals surface area (Å²) in [6, 6.07) is 14.0. The Kier molecular flexibility index (Phi) is 4.82. The Morgan fingerprint density at radius 3 is 2.71 bits per heavy atom. The molecule has 1 aliphatic heterocycles. The summed E-state index contributed by atoms with van der Waals surface area (Å²) in [5.41, 5.74) is 1.79. The molecule has 1 aliphatic rings. The van der Waals surface area contributed by atoms with E-state index >= 15 is 0 Å². The third kappa shape index (κ3) is 3.84. The summed E-state index contributed by atoms with van der Waals surface area (Å²) in [5.74, 6) is -0.524. The highest BCUT2D eigenvalue weighted by Crippen LogP contribution is 2.27. The van der Waals surface area contributed by atoms with Gasteiger partial charge in [-0.15, -0.1) is 0 Å². The number of para-hydroxylation sites is 2. The van der Waals surface area contributed by atoms with Crippen molar-refractivity contribution >= 4 is 34.1 Å². The Bertz CT molecular complexity index is 1280. The smallest absolute Gasteiger partial charge is 0.336 e. The summed E-state index contributed by atoms with van der Waals surface area (Å²) in [6.07, 6.45) is 1.26. The molecule has 1 saturated heterocycles. The number of hydrogen-bond donors (Lipinski definition) is 1. The number of carbonyl (C=O) groups is 1. The van der Waals surface area contributed by atoms with Gasteiger partial charge in [-0.25, -0.2) is 4.79 Å². The van der Waals surface area contributed by atoms with Gasteiger partial charge in [-0.05, 0) is 37.1 Å². The van der Waals surface area contributed by atoms with E-state index in [0.717, 1.165) is 11.1 Å². The van der Waals surface area contributed by atoms with Crippen molar-refractivity contribution in [2.24, 2.45) is 5.92 Å². The SMILES string of the molecule is O=C(OCc1cc(=O)oc2cc(O)ccc12)C1CCN(c2nc3ccccc3o2)CC1. The van der Waals surface area contributed by atoms with Gasteiger partial charge in [0.1, 0.15) is 23.5 Å². The van der Waals surface area contributed by atoms with Crippen molar-refractivity contribution in [3.8, 4) is 5.75 Å². The van der Waals surface area contributed by atoms with Gasteiger partial charge >= 0.3 is 11.6 Å². The van der Waals surface area contributed by atoms with Crippen molar-refractivity contribution in [3.05, 3.63) is 64.5 Å². The number of nitrogens with zero attached hydrogens (tertiary/aromatic N) is 2. The van der Waals surface area contributed by atoms with E-state index in [1.165, 1.54) is 18.2 Å². The van der Waals surface area contributed by atoms with Gasteiger partial charge in [0.25, 0.3) is 6.01 Å². The molecule has 8 heteroatoms. The maximum Gasteiger partial charge on any atom is 0.336 e. The van der Waals surface area contributed by atoms with E-state index < -0.39 is 5.63 Å². The molecule has 8 nitrogen and oxygen atoms in total. The topological polar surface area (TPSA) is 106 Å². The van der Waals surface area contributed by atoms with E-state index in [9.17, 15) is 14.7 Å². The molecule has 0 spiro atoms. The van der Waals surface area contributed by atoms with E-state index in [1.54, 1.807) is 6.07 Å². The number of piperidine rings is 1. The number of aromatic hydroxyl groups is 1. The zero-order chi connectivity index (χ0) is 21.4. The molecule has 4 aromatic rings. The summed E-state index contributed by atoms with van der Waals surface area (Å²) in [7, 11) is 0. The first-order valence-electron chi connectivity index (χ1n) is 10.1. The van der Waals surface area contributed by atoms with Crippen molar-refractivity contribution < 1.29 is 23.5 Å². The Balaban J connectivity index is 1.22. The Hall–Kier alpha value is -3.81. The van der Waals surface area contributed by atoms with Crippen LogP contribution in [-0.2, 0) is 16.1 Å². The third-order valence-electron chi connectivity index (χ3n) is 5.57. The maximum absolute atomic E-state index is 12.6. The summed E-state index contributed by atoms with van der Waals surface area (Å²) >= 11 is 0. The number of ether oxygens (including phenoxy) is 1. The monoisotopic (exact) mass is 420 g/mol. The van der Waals surface area contributed by atoms with Gasteiger partial charge in [-0.3, -0.25) is 4.79 Å². The summed E-state index contributed by atoms with van der Waals surface area (Å²) in [4.78, 5) is 30.9. The summed E-state index contributed by atoms with van der Waals surface area (Å²) in [6.45, 7) is 1.25. The lowest BCUT2D eigenvalue weighted by Gasteiger charge is -2.29. The van der Waals surface area contributed by atoms with Crippen molar-refractivity contribution in [2.45, 2.75) is 19.4 Å². The van der Waals surface area contributed by atoms with Crippen molar-refractivity contribution in [1.82, 2.24) is 4.98 Å². The van der Waals surface area contributed by atoms with Crippen LogP contribution in [0.15, 0.2) is 62.2 Å². The van der Waals surface area contributed by atoms with Crippen molar-refractivity contribution in [2.75, 3.05) is 18.0 Å². The average molecular weight is 420 g/mol. The number of hydrogen-bond acceptors (Lipinski definition) is 8. The molecule has 3 heterocycles. The first-order valence-corrected chi connectivity index (χ1v) is 10.1. The number of carbonyl (C=O) groups excluding carboxylic acids is 1. The molecule has 158 valence electrons. The summed E-state index contributed by atoms with van der Waals surface area (Å²) in [5, 5.41) is 10.2. The minimum Gasteiger partial charge on any atom is -0.508 e. The van der Waals surface area contributed by atoms with Gasteiger partial charge in [0.15, 0.2) is 5.58 Å². The van der Waals surface area contributed by atoms with Gasteiger partial charge < -0.3 is 23.6 Å². The molecule has 0 atom stereocenters. The van der Waals surface area contributed by atoms with E-state index in [-0.39, 0.29) is 29.8 Å². The lowest BCUT2D eigenvalue weighted by molar-refractivity contribution is -0.150. The van der Waals surface area contributed by atoms with Gasteiger partial charge in [0.2, 0.25) is 0 Å². The Morgan fingerprint density at radius 1 is 1.10 bits per heavy atom. The standard InChI is InChI=1S/C23H20N2O6/c26-16-5-6-17-15(11-21(27)30-20(17)12-16)13-29-22(28)14-7-9-25(10-8-14)23-24-18-3-1-2-4-19(18)31-23/h1-6,11-12,14,26H,7-10,13H2. The minimum absolute atomic E-state index is 0.00417. The number of anilines is 1. The molecule has 2 aromatic heterocycles. The van der Waals surface area contributed by atoms with Crippen LogP contribution in [0.1, 0.15) is 18.4 Å². The van der Waals surface area contributed by atoms with Crippen LogP contribution < -0.4 is 10.5 Å². The number of phenolic OH excluding ortho intramolecular Hbond substituents is 1. The number of phenols is 1. The lowest BCUT2D eigenvalue weighted by Crippen LogP contribution is -2.37. The molecule has 0 saturated carbocycles. The second-order valence-electron chi connectivity index (χ2n) is 7.60. The van der Waals surface area contributed by atoms with Crippen LogP contribution in [0.2, 0.25) is 0 Å². The maximum atomic E-state index is 12.6. The van der Waals surface area contributed by atoms with Crippen molar-refractivity contribution in [3.63, 3.8) is 0 Å². The highest BCUT2D eigenvalue weighted by molar-refractivity contribution is 5.82. The largest absolute Gasteiger partial charge is 0.508 e. The van der Waals surface area contributed by atoms with Crippen LogP contribution >= 0.6 is 0 Å². The van der Waals surface area contributed by atoms with Crippen LogP contribution in [0.4, 0.5) is 6.01 Å². The van der Waals surface area contributed by atoms with Gasteiger partial charge in [0, 0.05) is 36.2 Å². The second kappa shape index (κ2) is 7.79. The molecular weight excluding hydrogens is 400 g/mol. The quantitative estimate of drug-likeness (QED) is 0.394. The Morgan fingerprint density at radius 2 is 1.90 bits per heavy atom. The number of fused-ring (bicyclic) bond motifs is 2. The first-order chi connectivity index (χ1) is 15.1. The van der Waals surface area contributed by atoms with Crippen LogP contribution in [0.5, 0.6) is 5.75 Å². The molecule has 0 aliphatic carbocycles. The van der Waals surface area contributed by atoms with Crippen LogP contribution in [0, 0.1) is 5.92 Å². The predicted molar refractivity (Wildman–Crippen MR) is 113 cm³/mol.